The smallest absolute Gasteiger partial charge is 0.407 e. The van der Waals surface area contributed by atoms with Crippen LogP contribution in [0, 0.1) is 0 Å². The Balaban J connectivity index is 0.00000341. The zero-order chi connectivity index (χ0) is 21.6. The molecule has 31 heavy (non-hydrogen) atoms. The molecule has 0 radical (unpaired) electrons. The van der Waals surface area contributed by atoms with Crippen LogP contribution in [0.25, 0.3) is 0 Å². The van der Waals surface area contributed by atoms with Crippen LogP contribution in [-0.2, 0) is 16.0 Å². The molecule has 2 aliphatic rings. The van der Waals surface area contributed by atoms with E-state index in [0.29, 0.717) is 6.54 Å². The Morgan fingerprint density at radius 3 is 2.48 bits per heavy atom. The lowest BCUT2D eigenvalue weighted by molar-refractivity contribution is 0.0507. The van der Waals surface area contributed by atoms with Crippen LogP contribution in [0.4, 0.5) is 10.5 Å². The van der Waals surface area contributed by atoms with Crippen molar-refractivity contribution in [2.24, 2.45) is 4.99 Å². The van der Waals surface area contributed by atoms with Gasteiger partial charge in [0.2, 0.25) is 0 Å². The van der Waals surface area contributed by atoms with Crippen molar-refractivity contribution in [1.82, 2.24) is 15.5 Å². The lowest BCUT2D eigenvalue weighted by Crippen LogP contribution is -2.44. The summed E-state index contributed by atoms with van der Waals surface area (Å²) >= 11 is 0. The number of likely N-dealkylation sites (tertiary alicyclic amines) is 1. The van der Waals surface area contributed by atoms with Crippen molar-refractivity contribution in [2.45, 2.75) is 45.4 Å². The second-order valence-corrected chi connectivity index (χ2v) is 8.74. The number of alkyl carbamates (subject to hydrolysis) is 1. The van der Waals surface area contributed by atoms with E-state index in [1.54, 1.807) is 7.05 Å². The average Bonchev–Trinajstić information content (AvgIpc) is 3.16. The molecule has 0 saturated carbocycles. The number of ether oxygens (including phenoxy) is 2. The predicted octanol–water partition coefficient (Wildman–Crippen LogP) is 2.82. The van der Waals surface area contributed by atoms with Gasteiger partial charge in [-0.3, -0.25) is 4.99 Å². The van der Waals surface area contributed by atoms with Crippen LogP contribution < -0.4 is 15.5 Å². The van der Waals surface area contributed by atoms with Gasteiger partial charge in [-0.05, 0) is 44.9 Å². The number of anilines is 1. The van der Waals surface area contributed by atoms with E-state index in [-0.39, 0.29) is 36.1 Å². The van der Waals surface area contributed by atoms with E-state index >= 15 is 0 Å². The summed E-state index contributed by atoms with van der Waals surface area (Å²) < 4.78 is 10.8. The Bertz CT molecular complexity index is 730. The molecule has 0 aliphatic carbocycles. The van der Waals surface area contributed by atoms with Crippen LogP contribution in [0.3, 0.4) is 0 Å². The maximum absolute atomic E-state index is 12.0. The standard InChI is InChI=1S/C22H35N5O3.HI/c1-22(2,3)30-21(28)25-18-9-10-27(16-18)20(23-4)24-15-17-5-7-19(8-6-17)26-11-13-29-14-12-26;/h5-8,18H,9-16H2,1-4H3,(H,23,24)(H,25,28);1H. The summed E-state index contributed by atoms with van der Waals surface area (Å²) in [5.74, 6) is 0.848. The highest BCUT2D eigenvalue weighted by Crippen LogP contribution is 2.17. The Hall–Kier alpha value is -1.75. The van der Waals surface area contributed by atoms with Crippen LogP contribution in [0.1, 0.15) is 32.8 Å². The minimum Gasteiger partial charge on any atom is -0.444 e. The number of rotatable bonds is 4. The number of nitrogens with one attached hydrogen (secondary N) is 2. The molecule has 1 aromatic carbocycles. The fourth-order valence-corrected chi connectivity index (χ4v) is 3.70. The summed E-state index contributed by atoms with van der Waals surface area (Å²) in [6.07, 6.45) is 0.506. The summed E-state index contributed by atoms with van der Waals surface area (Å²) in [7, 11) is 1.79. The summed E-state index contributed by atoms with van der Waals surface area (Å²) in [5.41, 5.74) is 1.95. The van der Waals surface area contributed by atoms with Crippen molar-refractivity contribution >= 4 is 41.7 Å². The number of hydrogen-bond acceptors (Lipinski definition) is 5. The van der Waals surface area contributed by atoms with Gasteiger partial charge in [0.05, 0.1) is 19.3 Å². The van der Waals surface area contributed by atoms with Gasteiger partial charge in [0.1, 0.15) is 5.60 Å². The zero-order valence-electron chi connectivity index (χ0n) is 19.0. The number of aliphatic imine (C=N–C) groups is 1. The second kappa shape index (κ2) is 11.8. The van der Waals surface area contributed by atoms with Gasteiger partial charge in [0, 0.05) is 45.5 Å². The molecule has 0 spiro atoms. The summed E-state index contributed by atoms with van der Waals surface area (Å²) in [5, 5.41) is 6.39. The Kier molecular flexibility index (Phi) is 9.67. The number of benzene rings is 1. The number of guanidine groups is 1. The lowest BCUT2D eigenvalue weighted by atomic mass is 10.2. The summed E-state index contributed by atoms with van der Waals surface area (Å²) in [6, 6.07) is 8.71. The van der Waals surface area contributed by atoms with Crippen LogP contribution in [0.15, 0.2) is 29.3 Å². The first-order valence-electron chi connectivity index (χ1n) is 10.7. The quantitative estimate of drug-likeness (QED) is 0.345. The molecule has 174 valence electrons. The number of morpholine rings is 1. The highest BCUT2D eigenvalue weighted by atomic mass is 127. The molecule has 1 unspecified atom stereocenters. The SMILES string of the molecule is CN=C(NCc1ccc(N2CCOCC2)cc1)N1CCC(NC(=O)OC(C)(C)C)C1.I. The van der Waals surface area contributed by atoms with E-state index in [4.69, 9.17) is 9.47 Å². The molecule has 1 atom stereocenters. The molecule has 2 aliphatic heterocycles. The number of hydrogen-bond donors (Lipinski definition) is 2. The van der Waals surface area contributed by atoms with Crippen LogP contribution >= 0.6 is 24.0 Å². The Morgan fingerprint density at radius 2 is 1.87 bits per heavy atom. The molecule has 2 N–H and O–H groups in total. The molecule has 8 nitrogen and oxygen atoms in total. The lowest BCUT2D eigenvalue weighted by Gasteiger charge is -2.29. The molecular formula is C22H36IN5O3. The minimum atomic E-state index is -0.489. The van der Waals surface area contributed by atoms with Gasteiger partial charge in [0.15, 0.2) is 5.96 Å². The monoisotopic (exact) mass is 545 g/mol. The fraction of sp³-hybridized carbons (Fsp3) is 0.636. The second-order valence-electron chi connectivity index (χ2n) is 8.74. The topological polar surface area (TPSA) is 78.4 Å². The minimum absolute atomic E-state index is 0. The number of nitrogens with zero attached hydrogens (tertiary/aromatic N) is 3. The molecule has 0 bridgehead atoms. The maximum Gasteiger partial charge on any atom is 0.407 e. The molecular weight excluding hydrogens is 509 g/mol. The maximum atomic E-state index is 12.0. The first-order valence-corrected chi connectivity index (χ1v) is 10.7. The summed E-state index contributed by atoms with van der Waals surface area (Å²) in [6.45, 7) is 11.3. The van der Waals surface area contributed by atoms with Gasteiger partial charge in [-0.15, -0.1) is 24.0 Å². The number of amides is 1. The third kappa shape index (κ3) is 8.03. The van der Waals surface area contributed by atoms with Gasteiger partial charge < -0.3 is 29.9 Å². The van der Waals surface area contributed by atoms with Crippen molar-refractivity contribution < 1.29 is 14.3 Å². The molecule has 1 amide bonds. The average molecular weight is 545 g/mol. The molecule has 2 saturated heterocycles. The highest BCUT2D eigenvalue weighted by molar-refractivity contribution is 14.0. The third-order valence-electron chi connectivity index (χ3n) is 5.18. The number of carbonyl (C=O) groups excluding carboxylic acids is 1. The Labute approximate surface area is 202 Å². The normalized spacial score (nSPS) is 19.6. The van der Waals surface area contributed by atoms with Crippen LogP contribution in [0.5, 0.6) is 0 Å². The molecule has 2 heterocycles. The molecule has 2 fully saturated rings. The Morgan fingerprint density at radius 1 is 1.19 bits per heavy atom. The molecule has 9 heteroatoms. The van der Waals surface area contributed by atoms with Gasteiger partial charge in [-0.2, -0.15) is 0 Å². The van der Waals surface area contributed by atoms with E-state index < -0.39 is 5.60 Å². The molecule has 0 aromatic heterocycles. The van der Waals surface area contributed by atoms with Crippen LogP contribution in [-0.4, -0.2) is 75.0 Å². The van der Waals surface area contributed by atoms with Gasteiger partial charge in [-0.1, -0.05) is 12.1 Å². The van der Waals surface area contributed by atoms with E-state index in [9.17, 15) is 4.79 Å². The van der Waals surface area contributed by atoms with E-state index in [2.05, 4.69) is 49.7 Å². The largest absolute Gasteiger partial charge is 0.444 e. The fourth-order valence-electron chi connectivity index (χ4n) is 3.70. The third-order valence-corrected chi connectivity index (χ3v) is 5.18. The van der Waals surface area contributed by atoms with Gasteiger partial charge >= 0.3 is 6.09 Å². The van der Waals surface area contributed by atoms with Gasteiger partial charge in [0.25, 0.3) is 0 Å². The van der Waals surface area contributed by atoms with E-state index in [1.165, 1.54) is 11.3 Å². The molecule has 3 rings (SSSR count). The van der Waals surface area contributed by atoms with Gasteiger partial charge in [-0.25, -0.2) is 4.79 Å². The zero-order valence-corrected chi connectivity index (χ0v) is 21.3. The first kappa shape index (κ1) is 25.5. The number of halogens is 1. The van der Waals surface area contributed by atoms with Crippen molar-refractivity contribution in [2.75, 3.05) is 51.3 Å². The van der Waals surface area contributed by atoms with Crippen molar-refractivity contribution in [3.63, 3.8) is 0 Å². The van der Waals surface area contributed by atoms with Crippen molar-refractivity contribution in [3.05, 3.63) is 29.8 Å². The first-order chi connectivity index (χ1) is 14.3. The van der Waals surface area contributed by atoms with Crippen LogP contribution in [0.2, 0.25) is 0 Å². The summed E-state index contributed by atoms with van der Waals surface area (Å²) in [4.78, 5) is 20.9. The highest BCUT2D eigenvalue weighted by Gasteiger charge is 2.27. The van der Waals surface area contributed by atoms with E-state index in [0.717, 1.165) is 51.8 Å². The van der Waals surface area contributed by atoms with Crippen molar-refractivity contribution in [3.8, 4) is 0 Å². The molecule has 1 aromatic rings. The predicted molar refractivity (Wildman–Crippen MR) is 134 cm³/mol. The number of carbonyl (C=O) groups is 1. The van der Waals surface area contributed by atoms with E-state index in [1.807, 2.05) is 20.8 Å². The van der Waals surface area contributed by atoms with Crippen molar-refractivity contribution in [1.29, 1.82) is 0 Å².